The molecule has 98 valence electrons. The van der Waals surface area contributed by atoms with Gasteiger partial charge in [0, 0.05) is 13.1 Å². The summed E-state index contributed by atoms with van der Waals surface area (Å²) in [6.07, 6.45) is 0.810. The number of nitrogens with zero attached hydrogens (tertiary/aromatic N) is 1. The largest absolute Gasteiger partial charge is 0.355 e. The van der Waals surface area contributed by atoms with Crippen molar-refractivity contribution in [1.29, 1.82) is 0 Å². The van der Waals surface area contributed by atoms with Crippen molar-refractivity contribution in [2.24, 2.45) is 0 Å². The number of hydroxylamine groups is 2. The minimum Gasteiger partial charge on any atom is -0.355 e. The highest BCUT2D eigenvalue weighted by Crippen LogP contribution is 2.15. The van der Waals surface area contributed by atoms with Crippen molar-refractivity contribution in [3.63, 3.8) is 0 Å². The van der Waals surface area contributed by atoms with Gasteiger partial charge in [0.2, 0.25) is 5.91 Å². The molecule has 1 aromatic rings. The van der Waals surface area contributed by atoms with Crippen LogP contribution in [0, 0.1) is 6.92 Å². The Morgan fingerprint density at radius 2 is 2.33 bits per heavy atom. The molecule has 18 heavy (non-hydrogen) atoms. The van der Waals surface area contributed by atoms with Crippen LogP contribution in [0.5, 0.6) is 0 Å². The van der Waals surface area contributed by atoms with Gasteiger partial charge in [-0.25, -0.2) is 0 Å². The molecule has 1 N–H and O–H groups in total. The first-order chi connectivity index (χ1) is 8.70. The van der Waals surface area contributed by atoms with Crippen molar-refractivity contribution in [2.45, 2.75) is 32.9 Å². The zero-order valence-electron chi connectivity index (χ0n) is 11.0. The summed E-state index contributed by atoms with van der Waals surface area (Å²) in [5, 5.41) is 4.65. The molecule has 4 heteroatoms. The van der Waals surface area contributed by atoms with Crippen molar-refractivity contribution < 1.29 is 9.63 Å². The number of carbonyl (C=O) groups excluding carboxylic acids is 1. The molecule has 1 aromatic carbocycles. The first-order valence-corrected chi connectivity index (χ1v) is 6.43. The topological polar surface area (TPSA) is 41.6 Å². The molecule has 1 unspecified atom stereocenters. The number of hydrogen-bond acceptors (Lipinski definition) is 3. The Morgan fingerprint density at radius 3 is 2.94 bits per heavy atom. The number of hydrogen-bond donors (Lipinski definition) is 1. The Balaban J connectivity index is 2.08. The lowest BCUT2D eigenvalue weighted by atomic mass is 10.1. The fourth-order valence-electron chi connectivity index (χ4n) is 2.26. The fourth-order valence-corrected chi connectivity index (χ4v) is 2.26. The quantitative estimate of drug-likeness (QED) is 0.805. The molecular weight excluding hydrogens is 228 g/mol. The predicted molar refractivity (Wildman–Crippen MR) is 69.8 cm³/mol. The highest BCUT2D eigenvalue weighted by Gasteiger charge is 2.30. The van der Waals surface area contributed by atoms with Crippen LogP contribution in [-0.4, -0.2) is 30.2 Å². The van der Waals surface area contributed by atoms with E-state index in [0.717, 1.165) is 13.0 Å². The van der Waals surface area contributed by atoms with Crippen LogP contribution in [-0.2, 0) is 16.2 Å². The van der Waals surface area contributed by atoms with E-state index < -0.39 is 0 Å². The van der Waals surface area contributed by atoms with E-state index in [4.69, 9.17) is 4.84 Å². The summed E-state index contributed by atoms with van der Waals surface area (Å²) in [6, 6.07) is 8.12. The molecule has 0 saturated carbocycles. The Labute approximate surface area is 108 Å². The number of rotatable bonds is 5. The predicted octanol–water partition coefficient (Wildman–Crippen LogP) is 1.64. The molecule has 1 saturated heterocycles. The van der Waals surface area contributed by atoms with Crippen LogP contribution in [0.15, 0.2) is 24.3 Å². The van der Waals surface area contributed by atoms with Crippen molar-refractivity contribution in [2.75, 3.05) is 13.2 Å². The zero-order valence-corrected chi connectivity index (χ0v) is 11.0. The van der Waals surface area contributed by atoms with E-state index in [1.807, 2.05) is 13.0 Å². The van der Waals surface area contributed by atoms with E-state index in [9.17, 15) is 4.79 Å². The smallest absolute Gasteiger partial charge is 0.239 e. The SMILES string of the molecule is CCON(Cc1cccc(C)c1)C1CCNC1=O. The summed E-state index contributed by atoms with van der Waals surface area (Å²) >= 11 is 0. The van der Waals surface area contributed by atoms with E-state index in [1.54, 1.807) is 5.06 Å². The third-order valence-electron chi connectivity index (χ3n) is 3.08. The molecule has 1 amide bonds. The van der Waals surface area contributed by atoms with Crippen molar-refractivity contribution >= 4 is 5.91 Å². The van der Waals surface area contributed by atoms with E-state index >= 15 is 0 Å². The van der Waals surface area contributed by atoms with Gasteiger partial charge in [-0.1, -0.05) is 29.8 Å². The average molecular weight is 248 g/mol. The molecule has 0 spiro atoms. The van der Waals surface area contributed by atoms with Crippen LogP contribution >= 0.6 is 0 Å². The summed E-state index contributed by atoms with van der Waals surface area (Å²) in [4.78, 5) is 17.3. The molecular formula is C14H20N2O2. The standard InChI is InChI=1S/C14H20N2O2/c1-3-18-16(13-7-8-15-14(13)17)10-12-6-4-5-11(2)9-12/h4-6,9,13H,3,7-8,10H2,1-2H3,(H,15,17). The third kappa shape index (κ3) is 3.09. The van der Waals surface area contributed by atoms with Gasteiger partial charge in [-0.05, 0) is 25.8 Å². The Bertz CT molecular complexity index is 420. The monoisotopic (exact) mass is 248 g/mol. The first-order valence-electron chi connectivity index (χ1n) is 6.43. The second-order valence-corrected chi connectivity index (χ2v) is 4.58. The second-order valence-electron chi connectivity index (χ2n) is 4.58. The molecule has 0 aromatic heterocycles. The molecule has 1 fully saturated rings. The summed E-state index contributed by atoms with van der Waals surface area (Å²) in [5.41, 5.74) is 2.39. The minimum atomic E-state index is -0.162. The number of aryl methyl sites for hydroxylation is 1. The van der Waals surface area contributed by atoms with Crippen LogP contribution in [0.1, 0.15) is 24.5 Å². The Kier molecular flexibility index (Phi) is 4.33. The van der Waals surface area contributed by atoms with E-state index in [-0.39, 0.29) is 11.9 Å². The molecule has 1 aliphatic heterocycles. The van der Waals surface area contributed by atoms with Gasteiger partial charge in [0.25, 0.3) is 0 Å². The van der Waals surface area contributed by atoms with Crippen molar-refractivity contribution in [3.05, 3.63) is 35.4 Å². The summed E-state index contributed by atoms with van der Waals surface area (Å²) in [5.74, 6) is 0.0658. The van der Waals surface area contributed by atoms with Crippen molar-refractivity contribution in [1.82, 2.24) is 10.4 Å². The van der Waals surface area contributed by atoms with E-state index in [2.05, 4.69) is 30.4 Å². The molecule has 1 heterocycles. The number of amides is 1. The molecule has 2 rings (SSSR count). The van der Waals surface area contributed by atoms with Crippen molar-refractivity contribution in [3.8, 4) is 0 Å². The summed E-state index contributed by atoms with van der Waals surface area (Å²) in [6.45, 7) is 5.97. The lowest BCUT2D eigenvalue weighted by Crippen LogP contribution is -2.40. The maximum atomic E-state index is 11.7. The van der Waals surface area contributed by atoms with Gasteiger partial charge in [0.05, 0.1) is 6.61 Å². The number of benzene rings is 1. The first kappa shape index (κ1) is 13.1. The number of nitrogens with one attached hydrogen (secondary N) is 1. The van der Waals surface area contributed by atoms with Gasteiger partial charge in [0.1, 0.15) is 6.04 Å². The van der Waals surface area contributed by atoms with Gasteiger partial charge < -0.3 is 5.32 Å². The Hall–Kier alpha value is -1.39. The van der Waals surface area contributed by atoms with Crippen LogP contribution < -0.4 is 5.32 Å². The highest BCUT2D eigenvalue weighted by molar-refractivity contribution is 5.83. The Morgan fingerprint density at radius 1 is 1.50 bits per heavy atom. The van der Waals surface area contributed by atoms with Crippen LogP contribution in [0.2, 0.25) is 0 Å². The average Bonchev–Trinajstić information content (AvgIpc) is 2.75. The van der Waals surface area contributed by atoms with Gasteiger partial charge >= 0.3 is 0 Å². The third-order valence-corrected chi connectivity index (χ3v) is 3.08. The van der Waals surface area contributed by atoms with Crippen LogP contribution in [0.3, 0.4) is 0 Å². The zero-order chi connectivity index (χ0) is 13.0. The van der Waals surface area contributed by atoms with Gasteiger partial charge in [-0.15, -0.1) is 0 Å². The van der Waals surface area contributed by atoms with Gasteiger partial charge in [0.15, 0.2) is 0 Å². The van der Waals surface area contributed by atoms with Crippen LogP contribution in [0.25, 0.3) is 0 Å². The summed E-state index contributed by atoms with van der Waals surface area (Å²) < 4.78 is 0. The van der Waals surface area contributed by atoms with E-state index in [1.165, 1.54) is 11.1 Å². The molecule has 0 aliphatic carbocycles. The maximum absolute atomic E-state index is 11.7. The summed E-state index contributed by atoms with van der Waals surface area (Å²) in [7, 11) is 0. The normalized spacial score (nSPS) is 19.3. The van der Waals surface area contributed by atoms with Crippen LogP contribution in [0.4, 0.5) is 0 Å². The maximum Gasteiger partial charge on any atom is 0.239 e. The highest BCUT2D eigenvalue weighted by atomic mass is 16.7. The van der Waals surface area contributed by atoms with Gasteiger partial charge in [-0.3, -0.25) is 9.63 Å². The number of carbonyl (C=O) groups is 1. The molecule has 1 aliphatic rings. The minimum absolute atomic E-state index is 0.0658. The second kappa shape index (κ2) is 5.98. The molecule has 0 radical (unpaired) electrons. The molecule has 0 bridgehead atoms. The lowest BCUT2D eigenvalue weighted by Gasteiger charge is -2.25. The fraction of sp³-hybridized carbons (Fsp3) is 0.500. The molecule has 1 atom stereocenters. The lowest BCUT2D eigenvalue weighted by molar-refractivity contribution is -0.190. The molecule has 4 nitrogen and oxygen atoms in total. The van der Waals surface area contributed by atoms with E-state index in [0.29, 0.717) is 13.2 Å². The van der Waals surface area contributed by atoms with Gasteiger partial charge in [-0.2, -0.15) is 5.06 Å².